The molecule has 0 unspecified atom stereocenters. The van der Waals surface area contributed by atoms with Crippen LogP contribution < -0.4 is 0 Å². The van der Waals surface area contributed by atoms with Crippen molar-refractivity contribution in [1.29, 1.82) is 0 Å². The third kappa shape index (κ3) is 2.68. The lowest BCUT2D eigenvalue weighted by atomic mass is 10.3. The number of rotatable bonds is 4. The van der Waals surface area contributed by atoms with Gasteiger partial charge in [0.2, 0.25) is 0 Å². The summed E-state index contributed by atoms with van der Waals surface area (Å²) < 4.78 is 6.76. The van der Waals surface area contributed by atoms with Crippen molar-refractivity contribution in [2.24, 2.45) is 0 Å². The highest BCUT2D eigenvalue weighted by atomic mass is 16.5. The number of aromatic nitrogens is 1. The third-order valence-corrected chi connectivity index (χ3v) is 1.95. The molecule has 0 fully saturated rings. The topological polar surface area (TPSA) is 48.3 Å². The van der Waals surface area contributed by atoms with Crippen LogP contribution in [0.2, 0.25) is 0 Å². The Morgan fingerprint density at radius 3 is 2.73 bits per heavy atom. The van der Waals surface area contributed by atoms with Gasteiger partial charge in [0, 0.05) is 18.3 Å². The molecule has 0 radical (unpaired) electrons. The fourth-order valence-corrected chi connectivity index (χ4v) is 1.30. The number of esters is 1. The Kier molecular flexibility index (Phi) is 3.66. The number of aryl methyl sites for hydroxylation is 1. The van der Waals surface area contributed by atoms with Gasteiger partial charge in [0.15, 0.2) is 6.29 Å². The minimum Gasteiger partial charge on any atom is -0.458 e. The highest BCUT2D eigenvalue weighted by molar-refractivity contribution is 5.90. The summed E-state index contributed by atoms with van der Waals surface area (Å²) in [7, 11) is 0. The Balaban J connectivity index is 2.96. The molecule has 0 aliphatic carbocycles. The van der Waals surface area contributed by atoms with Gasteiger partial charge < -0.3 is 9.30 Å². The van der Waals surface area contributed by atoms with Gasteiger partial charge in [0.05, 0.1) is 6.10 Å². The summed E-state index contributed by atoms with van der Waals surface area (Å²) in [6.07, 6.45) is 2.21. The third-order valence-electron chi connectivity index (χ3n) is 1.95. The molecule has 0 spiro atoms. The molecule has 15 heavy (non-hydrogen) atoms. The van der Waals surface area contributed by atoms with Gasteiger partial charge in [-0.3, -0.25) is 4.79 Å². The first-order valence-corrected chi connectivity index (χ1v) is 4.94. The Morgan fingerprint density at radius 1 is 1.60 bits per heavy atom. The van der Waals surface area contributed by atoms with Crippen LogP contribution in [-0.4, -0.2) is 22.9 Å². The van der Waals surface area contributed by atoms with E-state index in [9.17, 15) is 9.59 Å². The number of hydrogen-bond donors (Lipinski definition) is 0. The summed E-state index contributed by atoms with van der Waals surface area (Å²) in [6.45, 7) is 6.12. The van der Waals surface area contributed by atoms with E-state index in [1.54, 1.807) is 30.7 Å². The average Bonchev–Trinajstić information content (AvgIpc) is 2.59. The number of nitrogens with zero attached hydrogens (tertiary/aromatic N) is 1. The van der Waals surface area contributed by atoms with E-state index in [0.29, 0.717) is 17.8 Å². The van der Waals surface area contributed by atoms with E-state index in [4.69, 9.17) is 4.74 Å². The van der Waals surface area contributed by atoms with Crippen LogP contribution in [0.5, 0.6) is 0 Å². The first-order chi connectivity index (χ1) is 7.08. The van der Waals surface area contributed by atoms with Crippen molar-refractivity contribution in [1.82, 2.24) is 4.57 Å². The van der Waals surface area contributed by atoms with Crippen LogP contribution >= 0.6 is 0 Å². The van der Waals surface area contributed by atoms with Crippen molar-refractivity contribution in [2.45, 2.75) is 33.4 Å². The predicted octanol–water partition coefficient (Wildman–Crippen LogP) is 1.89. The second-order valence-corrected chi connectivity index (χ2v) is 3.52. The zero-order valence-corrected chi connectivity index (χ0v) is 9.19. The summed E-state index contributed by atoms with van der Waals surface area (Å²) in [5.41, 5.74) is 0.917. The van der Waals surface area contributed by atoms with Crippen molar-refractivity contribution in [3.05, 3.63) is 23.5 Å². The molecule has 0 saturated heterocycles. The Labute approximate surface area is 88.8 Å². The van der Waals surface area contributed by atoms with Crippen LogP contribution in [-0.2, 0) is 11.3 Å². The fraction of sp³-hybridized carbons (Fsp3) is 0.455. The number of hydrogen-bond acceptors (Lipinski definition) is 3. The fourth-order valence-electron chi connectivity index (χ4n) is 1.30. The lowest BCUT2D eigenvalue weighted by molar-refractivity contribution is 0.0365. The van der Waals surface area contributed by atoms with E-state index < -0.39 is 0 Å². The molecule has 0 aliphatic rings. The normalized spacial score (nSPS) is 10.4. The quantitative estimate of drug-likeness (QED) is 0.562. The van der Waals surface area contributed by atoms with Crippen LogP contribution in [0.4, 0.5) is 0 Å². The van der Waals surface area contributed by atoms with Crippen molar-refractivity contribution < 1.29 is 14.3 Å². The molecular formula is C11H15NO3. The molecule has 1 aromatic heterocycles. The molecule has 0 saturated carbocycles. The molecule has 0 atom stereocenters. The maximum atomic E-state index is 11.6. The molecule has 0 N–H and O–H groups in total. The van der Waals surface area contributed by atoms with E-state index in [0.717, 1.165) is 6.29 Å². The first kappa shape index (κ1) is 11.5. The summed E-state index contributed by atoms with van der Waals surface area (Å²) in [6, 6.07) is 1.54. The number of carbonyl (C=O) groups excluding carboxylic acids is 2. The van der Waals surface area contributed by atoms with Crippen molar-refractivity contribution in [2.75, 3.05) is 0 Å². The van der Waals surface area contributed by atoms with Gasteiger partial charge in [-0.25, -0.2) is 4.79 Å². The average molecular weight is 209 g/mol. The van der Waals surface area contributed by atoms with Gasteiger partial charge in [0.25, 0.3) is 0 Å². The Morgan fingerprint density at radius 2 is 2.27 bits per heavy atom. The molecule has 4 nitrogen and oxygen atoms in total. The van der Waals surface area contributed by atoms with Crippen LogP contribution in [0.15, 0.2) is 12.3 Å². The zero-order valence-electron chi connectivity index (χ0n) is 9.19. The molecule has 0 aliphatic heterocycles. The molecular weight excluding hydrogens is 194 g/mol. The smallest absolute Gasteiger partial charge is 0.355 e. The number of ether oxygens (including phenoxy) is 1. The monoisotopic (exact) mass is 209 g/mol. The van der Waals surface area contributed by atoms with Crippen molar-refractivity contribution in [3.63, 3.8) is 0 Å². The maximum absolute atomic E-state index is 11.6. The molecule has 1 heterocycles. The largest absolute Gasteiger partial charge is 0.458 e. The Hall–Kier alpha value is -1.58. The van der Waals surface area contributed by atoms with E-state index >= 15 is 0 Å². The first-order valence-electron chi connectivity index (χ1n) is 4.94. The minimum absolute atomic E-state index is 0.155. The van der Waals surface area contributed by atoms with Gasteiger partial charge in [-0.1, -0.05) is 0 Å². The lowest BCUT2D eigenvalue weighted by Gasteiger charge is -2.09. The van der Waals surface area contributed by atoms with E-state index in [1.165, 1.54) is 0 Å². The lowest BCUT2D eigenvalue weighted by Crippen LogP contribution is -2.15. The highest BCUT2D eigenvalue weighted by Gasteiger charge is 2.15. The summed E-state index contributed by atoms with van der Waals surface area (Å²) >= 11 is 0. The van der Waals surface area contributed by atoms with Crippen LogP contribution in [0, 0.1) is 0 Å². The zero-order chi connectivity index (χ0) is 11.4. The van der Waals surface area contributed by atoms with Gasteiger partial charge in [-0.2, -0.15) is 0 Å². The number of aldehydes is 1. The van der Waals surface area contributed by atoms with Crippen molar-refractivity contribution >= 4 is 12.3 Å². The van der Waals surface area contributed by atoms with Crippen LogP contribution in [0.25, 0.3) is 0 Å². The second-order valence-electron chi connectivity index (χ2n) is 3.52. The molecule has 4 heteroatoms. The van der Waals surface area contributed by atoms with Gasteiger partial charge in [-0.15, -0.1) is 0 Å². The molecule has 0 bridgehead atoms. The minimum atomic E-state index is -0.389. The second kappa shape index (κ2) is 4.77. The summed E-state index contributed by atoms with van der Waals surface area (Å²) in [5, 5.41) is 0. The maximum Gasteiger partial charge on any atom is 0.355 e. The highest BCUT2D eigenvalue weighted by Crippen LogP contribution is 2.09. The number of carbonyl (C=O) groups is 2. The summed E-state index contributed by atoms with van der Waals surface area (Å²) in [4.78, 5) is 22.2. The standard InChI is InChI=1S/C11H15NO3/c1-4-12-6-9(7-13)5-10(12)11(14)15-8(2)3/h5-8H,4H2,1-3H3. The van der Waals surface area contributed by atoms with Gasteiger partial charge in [-0.05, 0) is 26.8 Å². The molecule has 0 amide bonds. The van der Waals surface area contributed by atoms with Gasteiger partial charge in [0.1, 0.15) is 5.69 Å². The van der Waals surface area contributed by atoms with Crippen LogP contribution in [0.3, 0.4) is 0 Å². The summed E-state index contributed by atoms with van der Waals surface area (Å²) in [5.74, 6) is -0.389. The Bertz CT molecular complexity index is 366. The molecule has 1 aromatic rings. The molecule has 82 valence electrons. The SMILES string of the molecule is CCn1cc(C=O)cc1C(=O)OC(C)C. The predicted molar refractivity (Wildman–Crippen MR) is 56.0 cm³/mol. The van der Waals surface area contributed by atoms with Crippen molar-refractivity contribution in [3.8, 4) is 0 Å². The van der Waals surface area contributed by atoms with E-state index in [-0.39, 0.29) is 12.1 Å². The molecule has 0 aromatic carbocycles. The van der Waals surface area contributed by atoms with E-state index in [1.807, 2.05) is 6.92 Å². The van der Waals surface area contributed by atoms with E-state index in [2.05, 4.69) is 0 Å². The van der Waals surface area contributed by atoms with Crippen LogP contribution in [0.1, 0.15) is 41.6 Å². The van der Waals surface area contributed by atoms with Gasteiger partial charge >= 0.3 is 5.97 Å². The molecule has 1 rings (SSSR count).